The van der Waals surface area contributed by atoms with Crippen LogP contribution in [-0.4, -0.2) is 11.5 Å². The predicted molar refractivity (Wildman–Crippen MR) is 65.9 cm³/mol. The van der Waals surface area contributed by atoms with Crippen LogP contribution in [0, 0.1) is 10.1 Å². The van der Waals surface area contributed by atoms with Gasteiger partial charge in [0.25, 0.3) is 0 Å². The Morgan fingerprint density at radius 3 is 2.82 bits per heavy atom. The molecule has 0 radical (unpaired) electrons. The molecular weight excluding hydrogens is 220 g/mol. The number of rotatable bonds is 6. The zero-order valence-corrected chi connectivity index (χ0v) is 9.81. The number of benzene rings is 1. The first kappa shape index (κ1) is 13.2. The van der Waals surface area contributed by atoms with Gasteiger partial charge in [-0.1, -0.05) is 11.6 Å². The summed E-state index contributed by atoms with van der Waals surface area (Å²) in [4.78, 5) is 10.4. The highest BCUT2D eigenvalue weighted by Gasteiger charge is 2.15. The smallest absolute Gasteiger partial charge is 0.311 e. The Kier molecular flexibility index (Phi) is 4.66. The van der Waals surface area contributed by atoms with Crippen LogP contribution in [0.5, 0.6) is 5.75 Å². The predicted octanol–water partition coefficient (Wildman–Crippen LogP) is 2.40. The van der Waals surface area contributed by atoms with Crippen molar-refractivity contribution in [3.05, 3.63) is 46.0 Å². The number of nitrogens with two attached hydrogens (primary N) is 1. The maximum atomic E-state index is 10.9. The SMILES string of the molecule is C=C(C)CCOc1ccc(CN)cc1[N+](=O)[O-]. The van der Waals surface area contributed by atoms with Crippen LogP contribution in [0.25, 0.3) is 0 Å². The first-order valence-electron chi connectivity index (χ1n) is 5.29. The molecule has 1 rings (SSSR count). The lowest BCUT2D eigenvalue weighted by atomic mass is 10.2. The Morgan fingerprint density at radius 2 is 2.29 bits per heavy atom. The van der Waals surface area contributed by atoms with Crippen LogP contribution >= 0.6 is 0 Å². The zero-order valence-electron chi connectivity index (χ0n) is 9.81. The molecule has 0 spiro atoms. The van der Waals surface area contributed by atoms with Crippen molar-refractivity contribution in [1.29, 1.82) is 0 Å². The van der Waals surface area contributed by atoms with Gasteiger partial charge in [-0.15, -0.1) is 6.58 Å². The topological polar surface area (TPSA) is 78.4 Å². The third-order valence-electron chi connectivity index (χ3n) is 2.24. The number of hydrogen-bond donors (Lipinski definition) is 1. The van der Waals surface area contributed by atoms with Crippen molar-refractivity contribution >= 4 is 5.69 Å². The summed E-state index contributed by atoms with van der Waals surface area (Å²) in [6, 6.07) is 4.75. The van der Waals surface area contributed by atoms with E-state index in [9.17, 15) is 10.1 Å². The Balaban J connectivity index is 2.83. The maximum Gasteiger partial charge on any atom is 0.311 e. The molecule has 2 N–H and O–H groups in total. The second-order valence-corrected chi connectivity index (χ2v) is 3.82. The fourth-order valence-corrected chi connectivity index (χ4v) is 1.29. The van der Waals surface area contributed by atoms with E-state index in [-0.39, 0.29) is 18.0 Å². The minimum Gasteiger partial charge on any atom is -0.486 e. The van der Waals surface area contributed by atoms with Gasteiger partial charge in [-0.05, 0) is 18.6 Å². The summed E-state index contributed by atoms with van der Waals surface area (Å²) in [5.74, 6) is 0.272. The Labute approximate surface area is 100 Å². The summed E-state index contributed by atoms with van der Waals surface area (Å²) in [5.41, 5.74) is 7.08. The molecule has 5 heteroatoms. The molecule has 92 valence electrons. The quantitative estimate of drug-likeness (QED) is 0.467. The van der Waals surface area contributed by atoms with Gasteiger partial charge in [0, 0.05) is 19.0 Å². The average molecular weight is 236 g/mol. The maximum absolute atomic E-state index is 10.9. The first-order valence-corrected chi connectivity index (χ1v) is 5.29. The summed E-state index contributed by atoms with van der Waals surface area (Å²) in [7, 11) is 0. The van der Waals surface area contributed by atoms with E-state index in [1.807, 2.05) is 6.92 Å². The van der Waals surface area contributed by atoms with E-state index < -0.39 is 4.92 Å². The molecule has 17 heavy (non-hydrogen) atoms. The molecule has 0 atom stereocenters. The fourth-order valence-electron chi connectivity index (χ4n) is 1.29. The summed E-state index contributed by atoms with van der Waals surface area (Å²) < 4.78 is 5.37. The van der Waals surface area contributed by atoms with Gasteiger partial charge >= 0.3 is 5.69 Å². The van der Waals surface area contributed by atoms with Gasteiger partial charge in [-0.3, -0.25) is 10.1 Å². The van der Waals surface area contributed by atoms with Crippen molar-refractivity contribution in [2.24, 2.45) is 5.73 Å². The average Bonchev–Trinajstić information content (AvgIpc) is 2.28. The Morgan fingerprint density at radius 1 is 1.59 bits per heavy atom. The highest BCUT2D eigenvalue weighted by atomic mass is 16.6. The van der Waals surface area contributed by atoms with E-state index in [1.54, 1.807) is 12.1 Å². The second-order valence-electron chi connectivity index (χ2n) is 3.82. The molecule has 0 aliphatic carbocycles. The van der Waals surface area contributed by atoms with Gasteiger partial charge in [0.15, 0.2) is 5.75 Å². The van der Waals surface area contributed by atoms with Crippen molar-refractivity contribution < 1.29 is 9.66 Å². The minimum absolute atomic E-state index is 0.0466. The van der Waals surface area contributed by atoms with Crippen molar-refractivity contribution in [3.8, 4) is 5.75 Å². The zero-order chi connectivity index (χ0) is 12.8. The molecule has 5 nitrogen and oxygen atoms in total. The lowest BCUT2D eigenvalue weighted by Crippen LogP contribution is -2.03. The van der Waals surface area contributed by atoms with Crippen molar-refractivity contribution in [3.63, 3.8) is 0 Å². The normalized spacial score (nSPS) is 10.0. The fraction of sp³-hybridized carbons (Fsp3) is 0.333. The monoisotopic (exact) mass is 236 g/mol. The second kappa shape index (κ2) is 6.00. The molecule has 0 saturated carbocycles. The minimum atomic E-state index is -0.463. The van der Waals surface area contributed by atoms with Crippen molar-refractivity contribution in [2.75, 3.05) is 6.61 Å². The molecule has 0 fully saturated rings. The van der Waals surface area contributed by atoms with Crippen LogP contribution in [-0.2, 0) is 6.54 Å². The van der Waals surface area contributed by atoms with Gasteiger partial charge in [0.1, 0.15) is 0 Å². The third-order valence-corrected chi connectivity index (χ3v) is 2.24. The van der Waals surface area contributed by atoms with Crippen LogP contribution in [0.4, 0.5) is 5.69 Å². The van der Waals surface area contributed by atoms with E-state index >= 15 is 0 Å². The number of nitro groups is 1. The number of nitro benzene ring substituents is 1. The van der Waals surface area contributed by atoms with E-state index in [1.165, 1.54) is 6.07 Å². The molecule has 1 aromatic rings. The Hall–Kier alpha value is -1.88. The molecule has 0 aliphatic rings. The summed E-state index contributed by atoms with van der Waals surface area (Å²) in [6.07, 6.45) is 0.676. The van der Waals surface area contributed by atoms with Gasteiger partial charge in [-0.2, -0.15) is 0 Å². The molecule has 0 amide bonds. The summed E-state index contributed by atoms with van der Waals surface area (Å²) in [5, 5.41) is 10.9. The van der Waals surface area contributed by atoms with E-state index in [0.717, 1.165) is 5.57 Å². The number of nitrogens with zero attached hydrogens (tertiary/aromatic N) is 1. The van der Waals surface area contributed by atoms with Crippen molar-refractivity contribution in [2.45, 2.75) is 19.9 Å². The number of hydrogen-bond acceptors (Lipinski definition) is 4. The molecule has 0 aliphatic heterocycles. The Bertz CT molecular complexity index is 430. The van der Waals surface area contributed by atoms with E-state index in [2.05, 4.69) is 6.58 Å². The van der Waals surface area contributed by atoms with Crippen LogP contribution < -0.4 is 10.5 Å². The lowest BCUT2D eigenvalue weighted by molar-refractivity contribution is -0.385. The molecule has 0 unspecified atom stereocenters. The molecule has 0 bridgehead atoms. The third kappa shape index (κ3) is 3.88. The molecule has 0 saturated heterocycles. The summed E-state index contributed by atoms with van der Waals surface area (Å²) >= 11 is 0. The van der Waals surface area contributed by atoms with Crippen LogP contribution in [0.15, 0.2) is 30.4 Å². The highest BCUT2D eigenvalue weighted by molar-refractivity contribution is 5.48. The molecular formula is C12H16N2O3. The first-order chi connectivity index (χ1) is 8.04. The lowest BCUT2D eigenvalue weighted by Gasteiger charge is -2.07. The van der Waals surface area contributed by atoms with Gasteiger partial charge in [0.05, 0.1) is 11.5 Å². The van der Waals surface area contributed by atoms with Crippen molar-refractivity contribution in [1.82, 2.24) is 0 Å². The molecule has 1 aromatic carbocycles. The number of ether oxygens (including phenoxy) is 1. The van der Waals surface area contributed by atoms with E-state index in [4.69, 9.17) is 10.5 Å². The van der Waals surface area contributed by atoms with Gasteiger partial charge < -0.3 is 10.5 Å². The molecule has 0 aromatic heterocycles. The largest absolute Gasteiger partial charge is 0.486 e. The van der Waals surface area contributed by atoms with Crippen LogP contribution in [0.3, 0.4) is 0 Å². The standard InChI is InChI=1S/C12H16N2O3/c1-9(2)5-6-17-12-4-3-10(8-13)7-11(12)14(15)16/h3-4,7H,1,5-6,8,13H2,2H3. The van der Waals surface area contributed by atoms with E-state index in [0.29, 0.717) is 18.6 Å². The highest BCUT2D eigenvalue weighted by Crippen LogP contribution is 2.28. The summed E-state index contributed by atoms with van der Waals surface area (Å²) in [6.45, 7) is 6.28. The van der Waals surface area contributed by atoms with Gasteiger partial charge in [-0.25, -0.2) is 0 Å². The molecule has 0 heterocycles. The van der Waals surface area contributed by atoms with Crippen LogP contribution in [0.1, 0.15) is 18.9 Å². The van der Waals surface area contributed by atoms with Crippen LogP contribution in [0.2, 0.25) is 0 Å². The van der Waals surface area contributed by atoms with Gasteiger partial charge in [0.2, 0.25) is 0 Å².